The van der Waals surface area contributed by atoms with Crippen LogP contribution in [0.4, 0.5) is 10.1 Å². The highest BCUT2D eigenvalue weighted by atomic mass is 19.1. The molecule has 0 amide bonds. The fourth-order valence-electron chi connectivity index (χ4n) is 2.42. The zero-order valence-electron chi connectivity index (χ0n) is 9.82. The molecule has 1 aromatic carbocycles. The van der Waals surface area contributed by atoms with Crippen LogP contribution in [0.2, 0.25) is 0 Å². The summed E-state index contributed by atoms with van der Waals surface area (Å²) in [5.74, 6) is 0.112. The Hall–Kier alpha value is -1.13. The van der Waals surface area contributed by atoms with Crippen molar-refractivity contribution in [2.24, 2.45) is 5.92 Å². The lowest BCUT2D eigenvalue weighted by atomic mass is 9.90. The molecular weight excluding hydrogens is 219 g/mol. The van der Waals surface area contributed by atoms with Crippen molar-refractivity contribution in [3.63, 3.8) is 0 Å². The molecule has 1 aromatic rings. The Balaban J connectivity index is 2.00. The normalized spacial score (nSPS) is 22.4. The van der Waals surface area contributed by atoms with E-state index in [1.54, 1.807) is 6.07 Å². The maximum absolute atomic E-state index is 12.9. The SMILES string of the molecule is Nc1cc(F)ccc1C(O)CC1CCCNC1. The van der Waals surface area contributed by atoms with Crippen molar-refractivity contribution in [2.45, 2.75) is 25.4 Å². The largest absolute Gasteiger partial charge is 0.398 e. The first-order chi connectivity index (χ1) is 8.16. The molecule has 0 saturated carbocycles. The smallest absolute Gasteiger partial charge is 0.125 e. The van der Waals surface area contributed by atoms with E-state index in [1.807, 2.05) is 0 Å². The van der Waals surface area contributed by atoms with E-state index in [0.717, 1.165) is 25.9 Å². The maximum Gasteiger partial charge on any atom is 0.125 e. The van der Waals surface area contributed by atoms with Gasteiger partial charge >= 0.3 is 0 Å². The monoisotopic (exact) mass is 238 g/mol. The van der Waals surface area contributed by atoms with Crippen molar-refractivity contribution < 1.29 is 9.50 Å². The Morgan fingerprint density at radius 3 is 3.00 bits per heavy atom. The number of aliphatic hydroxyl groups excluding tert-OH is 1. The molecule has 1 aliphatic rings. The molecule has 0 spiro atoms. The van der Waals surface area contributed by atoms with Crippen LogP contribution in [0.25, 0.3) is 0 Å². The number of rotatable bonds is 3. The summed E-state index contributed by atoms with van der Waals surface area (Å²) in [7, 11) is 0. The molecule has 0 radical (unpaired) electrons. The van der Waals surface area contributed by atoms with Gasteiger partial charge in [-0.1, -0.05) is 6.07 Å². The lowest BCUT2D eigenvalue weighted by molar-refractivity contribution is 0.136. The van der Waals surface area contributed by atoms with Crippen molar-refractivity contribution >= 4 is 5.69 Å². The number of nitrogens with two attached hydrogens (primary N) is 1. The number of nitrogens with one attached hydrogen (secondary N) is 1. The van der Waals surface area contributed by atoms with E-state index in [9.17, 15) is 9.50 Å². The van der Waals surface area contributed by atoms with Crippen molar-refractivity contribution in [2.75, 3.05) is 18.8 Å². The third-order valence-electron chi connectivity index (χ3n) is 3.36. The van der Waals surface area contributed by atoms with E-state index >= 15 is 0 Å². The standard InChI is InChI=1S/C13H19FN2O/c14-10-3-4-11(12(15)7-10)13(17)6-9-2-1-5-16-8-9/h3-4,7,9,13,16-17H,1-2,5-6,8,15H2. The Bertz CT molecular complexity index is 378. The zero-order chi connectivity index (χ0) is 12.3. The van der Waals surface area contributed by atoms with Crippen LogP contribution in [0.15, 0.2) is 18.2 Å². The van der Waals surface area contributed by atoms with Crippen LogP contribution in [0.5, 0.6) is 0 Å². The lowest BCUT2D eigenvalue weighted by Crippen LogP contribution is -2.30. The van der Waals surface area contributed by atoms with E-state index < -0.39 is 6.10 Å². The molecule has 0 aliphatic carbocycles. The van der Waals surface area contributed by atoms with Gasteiger partial charge in [0.2, 0.25) is 0 Å². The second kappa shape index (κ2) is 5.47. The van der Waals surface area contributed by atoms with Crippen LogP contribution in [0.1, 0.15) is 30.9 Å². The molecule has 1 saturated heterocycles. The highest BCUT2D eigenvalue weighted by molar-refractivity contribution is 5.48. The van der Waals surface area contributed by atoms with Crippen LogP contribution in [-0.4, -0.2) is 18.2 Å². The van der Waals surface area contributed by atoms with Crippen molar-refractivity contribution in [1.29, 1.82) is 0 Å². The summed E-state index contributed by atoms with van der Waals surface area (Å²) in [4.78, 5) is 0. The van der Waals surface area contributed by atoms with Crippen LogP contribution in [0, 0.1) is 11.7 Å². The summed E-state index contributed by atoms with van der Waals surface area (Å²) >= 11 is 0. The quantitative estimate of drug-likeness (QED) is 0.704. The second-order valence-corrected chi connectivity index (χ2v) is 4.74. The summed E-state index contributed by atoms with van der Waals surface area (Å²) in [6.07, 6.45) is 2.37. The molecule has 4 heteroatoms. The Morgan fingerprint density at radius 2 is 2.35 bits per heavy atom. The van der Waals surface area contributed by atoms with Gasteiger partial charge in [0.05, 0.1) is 6.10 Å². The van der Waals surface area contributed by atoms with Gasteiger partial charge in [0, 0.05) is 11.3 Å². The molecule has 17 heavy (non-hydrogen) atoms. The zero-order valence-corrected chi connectivity index (χ0v) is 9.82. The number of hydrogen-bond donors (Lipinski definition) is 3. The Labute approximate surface area is 101 Å². The number of benzene rings is 1. The average molecular weight is 238 g/mol. The van der Waals surface area contributed by atoms with Crippen LogP contribution in [0.3, 0.4) is 0 Å². The third-order valence-corrected chi connectivity index (χ3v) is 3.36. The summed E-state index contributed by atoms with van der Waals surface area (Å²) in [5.41, 5.74) is 6.68. The number of nitrogen functional groups attached to an aromatic ring is 1. The third kappa shape index (κ3) is 3.17. The predicted molar refractivity (Wildman–Crippen MR) is 66.0 cm³/mol. The molecule has 2 unspecified atom stereocenters. The van der Waals surface area contributed by atoms with Gasteiger partial charge in [-0.25, -0.2) is 4.39 Å². The first kappa shape index (κ1) is 12.3. The Kier molecular flexibility index (Phi) is 3.97. The minimum atomic E-state index is -0.597. The molecular formula is C13H19FN2O. The lowest BCUT2D eigenvalue weighted by Gasteiger charge is -2.25. The molecule has 2 atom stereocenters. The second-order valence-electron chi connectivity index (χ2n) is 4.74. The first-order valence-corrected chi connectivity index (χ1v) is 6.10. The molecule has 0 aromatic heterocycles. The summed E-state index contributed by atoms with van der Waals surface area (Å²) in [5, 5.41) is 13.4. The van der Waals surface area contributed by atoms with Gasteiger partial charge in [-0.15, -0.1) is 0 Å². The Morgan fingerprint density at radius 1 is 1.53 bits per heavy atom. The maximum atomic E-state index is 12.9. The highest BCUT2D eigenvalue weighted by Crippen LogP contribution is 2.28. The van der Waals surface area contributed by atoms with Crippen molar-refractivity contribution in [1.82, 2.24) is 5.32 Å². The number of anilines is 1. The van der Waals surface area contributed by atoms with E-state index in [-0.39, 0.29) is 5.82 Å². The van der Waals surface area contributed by atoms with E-state index in [4.69, 9.17) is 5.73 Å². The number of aliphatic hydroxyl groups is 1. The van der Waals surface area contributed by atoms with E-state index in [2.05, 4.69) is 5.32 Å². The van der Waals surface area contributed by atoms with Gasteiger partial charge in [0.15, 0.2) is 0 Å². The predicted octanol–water partition coefficient (Wildman–Crippen LogP) is 1.83. The van der Waals surface area contributed by atoms with E-state index in [1.165, 1.54) is 12.1 Å². The molecule has 3 nitrogen and oxygen atoms in total. The minimum absolute atomic E-state index is 0.335. The molecule has 4 N–H and O–H groups in total. The first-order valence-electron chi connectivity index (χ1n) is 6.10. The minimum Gasteiger partial charge on any atom is -0.398 e. The number of hydrogen-bond acceptors (Lipinski definition) is 3. The summed E-state index contributed by atoms with van der Waals surface area (Å²) in [6.45, 7) is 2.00. The van der Waals surface area contributed by atoms with Crippen LogP contribution < -0.4 is 11.1 Å². The van der Waals surface area contributed by atoms with Gasteiger partial charge in [-0.2, -0.15) is 0 Å². The molecule has 2 rings (SSSR count). The highest BCUT2D eigenvalue weighted by Gasteiger charge is 2.19. The molecule has 94 valence electrons. The van der Waals surface area contributed by atoms with Crippen LogP contribution >= 0.6 is 0 Å². The van der Waals surface area contributed by atoms with Gasteiger partial charge in [-0.3, -0.25) is 0 Å². The fourth-order valence-corrected chi connectivity index (χ4v) is 2.42. The fraction of sp³-hybridized carbons (Fsp3) is 0.538. The van der Waals surface area contributed by atoms with Gasteiger partial charge in [-0.05, 0) is 50.4 Å². The van der Waals surface area contributed by atoms with Crippen molar-refractivity contribution in [3.05, 3.63) is 29.6 Å². The molecule has 1 heterocycles. The van der Waals surface area contributed by atoms with Gasteiger partial charge < -0.3 is 16.2 Å². The molecule has 1 aliphatic heterocycles. The summed E-state index contributed by atoms with van der Waals surface area (Å²) < 4.78 is 12.9. The molecule has 1 fully saturated rings. The van der Waals surface area contributed by atoms with Crippen LogP contribution in [-0.2, 0) is 0 Å². The topological polar surface area (TPSA) is 58.3 Å². The van der Waals surface area contributed by atoms with Crippen molar-refractivity contribution in [3.8, 4) is 0 Å². The summed E-state index contributed by atoms with van der Waals surface area (Å²) in [6, 6.07) is 4.18. The van der Waals surface area contributed by atoms with Gasteiger partial charge in [0.25, 0.3) is 0 Å². The van der Waals surface area contributed by atoms with Gasteiger partial charge in [0.1, 0.15) is 5.82 Å². The van der Waals surface area contributed by atoms with E-state index in [0.29, 0.717) is 23.6 Å². The molecule has 0 bridgehead atoms. The number of halogens is 1. The number of piperidine rings is 1. The average Bonchev–Trinajstić information content (AvgIpc) is 2.30.